The Hall–Kier alpha value is -1.99. The summed E-state index contributed by atoms with van der Waals surface area (Å²) in [5, 5.41) is 5.42. The first-order chi connectivity index (χ1) is 11.5. The second-order valence-corrected chi connectivity index (χ2v) is 7.83. The van der Waals surface area contributed by atoms with Crippen LogP contribution in [0.3, 0.4) is 0 Å². The van der Waals surface area contributed by atoms with Crippen LogP contribution >= 0.6 is 15.9 Å². The number of carbonyl (C=O) groups is 2. The van der Waals surface area contributed by atoms with Crippen molar-refractivity contribution in [3.8, 4) is 0 Å². The topological polar surface area (TPSA) is 75.3 Å². The predicted octanol–water partition coefficient (Wildman–Crippen LogP) is 2.58. The molecule has 2 aromatic carbocycles. The zero-order chi connectivity index (χ0) is 17.1. The minimum Gasteiger partial charge on any atom is -0.348 e. The summed E-state index contributed by atoms with van der Waals surface area (Å²) in [5.41, 5.74) is 2.94. The van der Waals surface area contributed by atoms with Gasteiger partial charge in [-0.15, -0.1) is 0 Å². The molecule has 0 spiro atoms. The molecule has 1 heterocycles. The van der Waals surface area contributed by atoms with Gasteiger partial charge in [-0.2, -0.15) is 0 Å². The highest BCUT2D eigenvalue weighted by Gasteiger charge is 2.19. The van der Waals surface area contributed by atoms with Crippen LogP contribution in [0.2, 0.25) is 0 Å². The molecule has 124 valence electrons. The third-order valence-corrected chi connectivity index (χ3v) is 5.38. The van der Waals surface area contributed by atoms with Gasteiger partial charge in [0.15, 0.2) is 0 Å². The maximum Gasteiger partial charge on any atom is 0.251 e. The van der Waals surface area contributed by atoms with E-state index in [9.17, 15) is 13.8 Å². The molecule has 0 saturated heterocycles. The lowest BCUT2D eigenvalue weighted by Crippen LogP contribution is -2.20. The van der Waals surface area contributed by atoms with Gasteiger partial charge in [0.2, 0.25) is 5.91 Å². The highest BCUT2D eigenvalue weighted by atomic mass is 79.9. The van der Waals surface area contributed by atoms with E-state index in [0.29, 0.717) is 23.5 Å². The third-order valence-electron chi connectivity index (χ3n) is 3.61. The molecular weight excluding hydrogens is 392 g/mol. The molecule has 5 nitrogen and oxygen atoms in total. The fraction of sp³-hybridized carbons (Fsp3) is 0.176. The summed E-state index contributed by atoms with van der Waals surface area (Å²) in [7, 11) is -1.29. The van der Waals surface area contributed by atoms with Crippen molar-refractivity contribution in [3.05, 3.63) is 63.6 Å². The molecule has 0 fully saturated rings. The molecule has 0 bridgehead atoms. The van der Waals surface area contributed by atoms with Crippen LogP contribution in [0.25, 0.3) is 0 Å². The quantitative estimate of drug-likeness (QED) is 0.800. The Balaban J connectivity index is 1.57. The Morgan fingerprint density at radius 2 is 1.96 bits per heavy atom. The maximum absolute atomic E-state index is 12.1. The number of rotatable bonds is 5. The normalized spacial score (nSPS) is 14.0. The monoisotopic (exact) mass is 406 g/mol. The molecule has 2 aromatic rings. The van der Waals surface area contributed by atoms with Crippen LogP contribution in [0.4, 0.5) is 5.69 Å². The third kappa shape index (κ3) is 4.10. The summed E-state index contributed by atoms with van der Waals surface area (Å²) in [5.74, 6) is -0.226. The van der Waals surface area contributed by atoms with E-state index in [2.05, 4.69) is 26.6 Å². The summed E-state index contributed by atoms with van der Waals surface area (Å²) < 4.78 is 13.1. The van der Waals surface area contributed by atoms with Crippen LogP contribution in [-0.4, -0.2) is 21.8 Å². The van der Waals surface area contributed by atoms with Crippen molar-refractivity contribution in [3.63, 3.8) is 0 Å². The minimum atomic E-state index is -1.29. The van der Waals surface area contributed by atoms with E-state index in [4.69, 9.17) is 0 Å². The first-order valence-electron chi connectivity index (χ1n) is 7.31. The van der Waals surface area contributed by atoms with Gasteiger partial charge in [-0.1, -0.05) is 34.1 Å². The first-order valence-corrected chi connectivity index (χ1v) is 9.60. The molecule has 2 amide bonds. The van der Waals surface area contributed by atoms with E-state index in [-0.39, 0.29) is 17.6 Å². The number of carbonyl (C=O) groups excluding carboxylic acids is 2. The van der Waals surface area contributed by atoms with Crippen molar-refractivity contribution in [2.24, 2.45) is 0 Å². The van der Waals surface area contributed by atoms with E-state index in [1.807, 2.05) is 30.3 Å². The van der Waals surface area contributed by atoms with E-state index >= 15 is 0 Å². The van der Waals surface area contributed by atoms with Gasteiger partial charge in [-0.25, -0.2) is 0 Å². The molecule has 3 rings (SSSR count). The first kappa shape index (κ1) is 16.9. The summed E-state index contributed by atoms with van der Waals surface area (Å²) in [6.07, 6.45) is 0. The van der Waals surface area contributed by atoms with Crippen molar-refractivity contribution in [1.29, 1.82) is 0 Å². The summed E-state index contributed by atoms with van der Waals surface area (Å²) >= 11 is 3.35. The Morgan fingerprint density at radius 3 is 2.71 bits per heavy atom. The zero-order valence-corrected chi connectivity index (χ0v) is 15.1. The van der Waals surface area contributed by atoms with Gasteiger partial charge in [-0.05, 0) is 35.4 Å². The number of hydrogen-bond acceptors (Lipinski definition) is 3. The number of halogens is 1. The molecule has 0 unspecified atom stereocenters. The number of fused-ring (bicyclic) bond motifs is 1. The molecule has 0 saturated carbocycles. The lowest BCUT2D eigenvalue weighted by Gasteiger charge is -2.07. The molecular formula is C17H15BrN2O3S. The van der Waals surface area contributed by atoms with Crippen molar-refractivity contribution in [1.82, 2.24) is 5.32 Å². The SMILES string of the molecule is O=C(C[S@@](=O)Cc1ccc(Br)cc1)Nc1ccc2c(c1)C(=O)NC2. The fourth-order valence-electron chi connectivity index (χ4n) is 2.45. The number of amides is 2. The van der Waals surface area contributed by atoms with Crippen molar-refractivity contribution < 1.29 is 13.8 Å². The number of nitrogens with one attached hydrogen (secondary N) is 2. The number of anilines is 1. The summed E-state index contributed by atoms with van der Waals surface area (Å²) in [6.45, 7) is 0.513. The van der Waals surface area contributed by atoms with Crippen LogP contribution in [0.15, 0.2) is 46.9 Å². The highest BCUT2D eigenvalue weighted by molar-refractivity contribution is 9.10. The van der Waals surface area contributed by atoms with E-state index < -0.39 is 10.8 Å². The molecule has 0 aromatic heterocycles. The molecule has 24 heavy (non-hydrogen) atoms. The van der Waals surface area contributed by atoms with Gasteiger partial charge in [0, 0.05) is 38.8 Å². The van der Waals surface area contributed by atoms with Crippen LogP contribution in [0.1, 0.15) is 21.5 Å². The average molecular weight is 407 g/mol. The number of hydrogen-bond donors (Lipinski definition) is 2. The van der Waals surface area contributed by atoms with Crippen LogP contribution in [0, 0.1) is 0 Å². The van der Waals surface area contributed by atoms with Crippen LogP contribution in [0.5, 0.6) is 0 Å². The Bertz CT molecular complexity index is 821. The molecule has 0 aliphatic carbocycles. The Labute approximate surface area is 150 Å². The Morgan fingerprint density at radius 1 is 1.21 bits per heavy atom. The van der Waals surface area contributed by atoms with Gasteiger partial charge < -0.3 is 10.6 Å². The lowest BCUT2D eigenvalue weighted by atomic mass is 10.1. The van der Waals surface area contributed by atoms with E-state index in [1.54, 1.807) is 12.1 Å². The minimum absolute atomic E-state index is 0.0840. The summed E-state index contributed by atoms with van der Waals surface area (Å²) in [4.78, 5) is 23.7. The second-order valence-electron chi connectivity index (χ2n) is 5.46. The molecule has 0 radical (unpaired) electrons. The maximum atomic E-state index is 12.1. The van der Waals surface area contributed by atoms with Crippen molar-refractivity contribution >= 4 is 44.2 Å². The summed E-state index contributed by atoms with van der Waals surface area (Å²) in [6, 6.07) is 12.7. The predicted molar refractivity (Wildman–Crippen MR) is 97.1 cm³/mol. The average Bonchev–Trinajstić information content (AvgIpc) is 2.90. The second kappa shape index (κ2) is 7.27. The molecule has 7 heteroatoms. The van der Waals surface area contributed by atoms with E-state index in [1.165, 1.54) is 0 Å². The lowest BCUT2D eigenvalue weighted by molar-refractivity contribution is -0.113. The largest absolute Gasteiger partial charge is 0.348 e. The van der Waals surface area contributed by atoms with Crippen molar-refractivity contribution in [2.45, 2.75) is 12.3 Å². The Kier molecular flexibility index (Phi) is 5.11. The highest BCUT2D eigenvalue weighted by Crippen LogP contribution is 2.20. The van der Waals surface area contributed by atoms with Gasteiger partial charge >= 0.3 is 0 Å². The van der Waals surface area contributed by atoms with Gasteiger partial charge in [0.25, 0.3) is 5.91 Å². The van der Waals surface area contributed by atoms with E-state index in [0.717, 1.165) is 15.6 Å². The van der Waals surface area contributed by atoms with Crippen LogP contribution < -0.4 is 10.6 Å². The smallest absolute Gasteiger partial charge is 0.251 e. The molecule has 1 aliphatic rings. The fourth-order valence-corrected chi connectivity index (χ4v) is 3.75. The molecule has 2 N–H and O–H groups in total. The molecule has 1 atom stereocenters. The number of benzene rings is 2. The zero-order valence-electron chi connectivity index (χ0n) is 12.7. The van der Waals surface area contributed by atoms with Crippen molar-refractivity contribution in [2.75, 3.05) is 11.1 Å². The van der Waals surface area contributed by atoms with Gasteiger partial charge in [-0.3, -0.25) is 13.8 Å². The standard InChI is InChI=1S/C17H15BrN2O3S/c18-13-4-1-11(2-5-13)9-24(23)10-16(21)20-14-6-3-12-8-19-17(22)15(12)7-14/h1-7H,8-10H2,(H,19,22)(H,20,21)/t24-/m0/s1. The van der Waals surface area contributed by atoms with Gasteiger partial charge in [0.1, 0.15) is 5.75 Å². The van der Waals surface area contributed by atoms with Gasteiger partial charge in [0.05, 0.1) is 0 Å². The molecule has 1 aliphatic heterocycles. The van der Waals surface area contributed by atoms with Crippen LogP contribution in [-0.2, 0) is 27.9 Å².